The van der Waals surface area contributed by atoms with E-state index in [4.69, 9.17) is 4.74 Å². The molecule has 39 heavy (non-hydrogen) atoms. The fourth-order valence-corrected chi connectivity index (χ4v) is 8.28. The van der Waals surface area contributed by atoms with Crippen LogP contribution in [0.1, 0.15) is 31.4 Å². The second-order valence-corrected chi connectivity index (χ2v) is 12.9. The summed E-state index contributed by atoms with van der Waals surface area (Å²) in [5, 5.41) is 13.7. The average Bonchev–Trinajstić information content (AvgIpc) is 2.96. The van der Waals surface area contributed by atoms with Crippen molar-refractivity contribution < 1.29 is 9.84 Å². The Morgan fingerprint density at radius 2 is 2.03 bits per heavy atom. The number of aromatic amines is 1. The number of aliphatic hydroxyl groups excluding tert-OH is 1. The zero-order valence-electron chi connectivity index (χ0n) is 22.3. The Morgan fingerprint density at radius 1 is 1.10 bits per heavy atom. The molecule has 3 aromatic rings. The molecule has 2 saturated heterocycles. The predicted molar refractivity (Wildman–Crippen MR) is 158 cm³/mol. The zero-order chi connectivity index (χ0) is 26.8. The summed E-state index contributed by atoms with van der Waals surface area (Å²) >= 11 is 3.58. The molecule has 4 heterocycles. The number of hydrogen-bond acceptors (Lipinski definition) is 8. The summed E-state index contributed by atoms with van der Waals surface area (Å²) in [5.41, 5.74) is 2.85. The van der Waals surface area contributed by atoms with Gasteiger partial charge in [-0.2, -0.15) is 0 Å². The van der Waals surface area contributed by atoms with E-state index in [9.17, 15) is 9.90 Å². The van der Waals surface area contributed by atoms with Crippen LogP contribution in [0.4, 0.5) is 11.4 Å². The minimum atomic E-state index is -0.105. The van der Waals surface area contributed by atoms with Gasteiger partial charge in [-0.05, 0) is 67.3 Å². The first-order valence-corrected chi connectivity index (χ1v) is 15.5. The van der Waals surface area contributed by atoms with Gasteiger partial charge in [-0.1, -0.05) is 42.6 Å². The van der Waals surface area contributed by atoms with Crippen LogP contribution >= 0.6 is 23.5 Å². The maximum Gasteiger partial charge on any atom is 0.271 e. The Morgan fingerprint density at radius 3 is 2.87 bits per heavy atom. The molecule has 0 spiro atoms. The van der Waals surface area contributed by atoms with Crippen LogP contribution in [0.3, 0.4) is 0 Å². The van der Waals surface area contributed by atoms with Gasteiger partial charge in [-0.3, -0.25) is 4.79 Å². The second-order valence-electron chi connectivity index (χ2n) is 10.8. The Hall–Kier alpha value is -2.43. The number of anilines is 2. The molecule has 6 rings (SSSR count). The molecule has 0 saturated carbocycles. The van der Waals surface area contributed by atoms with E-state index in [0.29, 0.717) is 25.4 Å². The highest BCUT2D eigenvalue weighted by molar-refractivity contribution is 8.05. The number of pyridine rings is 1. The number of rotatable bonds is 7. The molecule has 3 aliphatic rings. The van der Waals surface area contributed by atoms with E-state index in [2.05, 4.69) is 63.4 Å². The maximum atomic E-state index is 12.4. The van der Waals surface area contributed by atoms with Crippen molar-refractivity contribution in [2.75, 3.05) is 56.2 Å². The van der Waals surface area contributed by atoms with Gasteiger partial charge in [0.2, 0.25) is 0 Å². The number of likely N-dealkylation sites (tertiary alicyclic amines) is 1. The largest absolute Gasteiger partial charge is 0.394 e. The third kappa shape index (κ3) is 6.02. The van der Waals surface area contributed by atoms with Crippen LogP contribution in [0.15, 0.2) is 79.1 Å². The van der Waals surface area contributed by atoms with Crippen LogP contribution in [0.25, 0.3) is 0 Å². The normalized spacial score (nSPS) is 22.2. The number of aromatic nitrogens is 1. The van der Waals surface area contributed by atoms with Gasteiger partial charge in [0.05, 0.1) is 19.3 Å². The molecule has 9 heteroatoms. The molecule has 2 aromatic carbocycles. The van der Waals surface area contributed by atoms with Crippen LogP contribution in [0.5, 0.6) is 0 Å². The zero-order valence-corrected chi connectivity index (χ0v) is 23.9. The van der Waals surface area contributed by atoms with Crippen LogP contribution in [-0.2, 0) is 4.74 Å². The third-order valence-corrected chi connectivity index (χ3v) is 10.4. The van der Waals surface area contributed by atoms with Crippen molar-refractivity contribution in [2.45, 2.75) is 51.5 Å². The Bertz CT molecular complexity index is 1370. The van der Waals surface area contributed by atoms with Gasteiger partial charge in [-0.15, -0.1) is 0 Å². The second kappa shape index (κ2) is 12.0. The Kier molecular flexibility index (Phi) is 8.22. The topological polar surface area (TPSA) is 80.8 Å². The quantitative estimate of drug-likeness (QED) is 0.287. The summed E-state index contributed by atoms with van der Waals surface area (Å²) in [4.78, 5) is 24.7. The van der Waals surface area contributed by atoms with Crippen LogP contribution < -0.4 is 15.8 Å². The Balaban J connectivity index is 1.17. The van der Waals surface area contributed by atoms with Gasteiger partial charge >= 0.3 is 0 Å². The van der Waals surface area contributed by atoms with Crippen LogP contribution in [0, 0.1) is 5.92 Å². The molecule has 3 unspecified atom stereocenters. The molecule has 0 amide bonds. The number of piperidine rings is 1. The molecule has 0 radical (unpaired) electrons. The number of aliphatic hydroxyl groups is 1. The van der Waals surface area contributed by atoms with Crippen molar-refractivity contribution >= 4 is 34.9 Å². The molecule has 0 aliphatic carbocycles. The van der Waals surface area contributed by atoms with Gasteiger partial charge in [-0.25, -0.2) is 0 Å². The molecule has 1 aromatic heterocycles. The maximum absolute atomic E-state index is 12.4. The molecule has 206 valence electrons. The third-order valence-electron chi connectivity index (χ3n) is 7.75. The van der Waals surface area contributed by atoms with Crippen molar-refractivity contribution in [3.63, 3.8) is 0 Å². The first-order valence-electron chi connectivity index (χ1n) is 13.8. The number of ether oxygens (including phenoxy) is 1. The van der Waals surface area contributed by atoms with Gasteiger partial charge in [0, 0.05) is 57.6 Å². The lowest BCUT2D eigenvalue weighted by Gasteiger charge is -2.35. The van der Waals surface area contributed by atoms with Crippen molar-refractivity contribution in [3.05, 3.63) is 70.6 Å². The van der Waals surface area contributed by atoms with E-state index in [-0.39, 0.29) is 24.3 Å². The standard InChI is InChI=1S/C30H36N4O3S2/c1-20-5-4-12-33(16-20)17-22(19-35)32-21-9-10-26-28(15-21)38-27-8-2-6-23(29(27)39-26)25-18-34(13-14-37-25)24-7-3-11-31-30(24)36/h2-3,6-11,15,20,22,25,32,35H,4-5,12-14,16-19H2,1H3,(H,31,36). The molecule has 3 aliphatic heterocycles. The van der Waals surface area contributed by atoms with E-state index >= 15 is 0 Å². The van der Waals surface area contributed by atoms with E-state index in [1.807, 2.05) is 12.1 Å². The molecule has 0 bridgehead atoms. The minimum Gasteiger partial charge on any atom is -0.394 e. The van der Waals surface area contributed by atoms with E-state index in [1.165, 1.54) is 38.0 Å². The van der Waals surface area contributed by atoms with E-state index < -0.39 is 0 Å². The van der Waals surface area contributed by atoms with Gasteiger partial charge in [0.15, 0.2) is 0 Å². The highest BCUT2D eigenvalue weighted by Gasteiger charge is 2.29. The lowest BCUT2D eigenvalue weighted by atomic mass is 10.00. The first kappa shape index (κ1) is 26.8. The number of nitrogens with one attached hydrogen (secondary N) is 2. The summed E-state index contributed by atoms with van der Waals surface area (Å²) < 4.78 is 6.24. The number of H-pyrrole nitrogens is 1. The molecule has 3 N–H and O–H groups in total. The van der Waals surface area contributed by atoms with Crippen molar-refractivity contribution in [3.8, 4) is 0 Å². The van der Waals surface area contributed by atoms with Gasteiger partial charge in [0.1, 0.15) is 11.8 Å². The smallest absolute Gasteiger partial charge is 0.271 e. The number of nitrogens with zero attached hydrogens (tertiary/aromatic N) is 2. The van der Waals surface area contributed by atoms with E-state index in [0.717, 1.165) is 31.2 Å². The molecule has 3 atom stereocenters. The highest BCUT2D eigenvalue weighted by atomic mass is 32.2. The molecular weight excluding hydrogens is 528 g/mol. The predicted octanol–water partition coefficient (Wildman–Crippen LogP) is 5.07. The van der Waals surface area contributed by atoms with Crippen LogP contribution in [0.2, 0.25) is 0 Å². The lowest BCUT2D eigenvalue weighted by molar-refractivity contribution is 0.0378. The summed E-state index contributed by atoms with van der Waals surface area (Å²) in [6.45, 7) is 7.43. The van der Waals surface area contributed by atoms with Crippen molar-refractivity contribution in [1.82, 2.24) is 9.88 Å². The minimum absolute atomic E-state index is 0.0109. The molecule has 2 fully saturated rings. The average molecular weight is 565 g/mol. The van der Waals surface area contributed by atoms with Crippen molar-refractivity contribution in [2.24, 2.45) is 5.92 Å². The van der Waals surface area contributed by atoms with Gasteiger partial charge < -0.3 is 29.9 Å². The summed E-state index contributed by atoms with van der Waals surface area (Å²) in [7, 11) is 0. The number of fused-ring (bicyclic) bond motifs is 2. The number of hydrogen-bond donors (Lipinski definition) is 3. The highest BCUT2D eigenvalue weighted by Crippen LogP contribution is 2.51. The van der Waals surface area contributed by atoms with Crippen LogP contribution in [-0.4, -0.2) is 67.0 Å². The SMILES string of the molecule is CC1CCCN(CC(CO)Nc2ccc3c(c2)Sc2cccc(C4CN(c5ccc[nH]c5=O)CCO4)c2S3)C1. The van der Waals surface area contributed by atoms with E-state index in [1.54, 1.807) is 29.7 Å². The van der Waals surface area contributed by atoms with Crippen molar-refractivity contribution in [1.29, 1.82) is 0 Å². The fraction of sp³-hybridized carbons (Fsp3) is 0.433. The lowest BCUT2D eigenvalue weighted by Crippen LogP contribution is -2.43. The van der Waals surface area contributed by atoms with Gasteiger partial charge in [0.25, 0.3) is 5.56 Å². The monoisotopic (exact) mass is 564 g/mol. The Labute approximate surface area is 238 Å². The summed E-state index contributed by atoms with van der Waals surface area (Å²) in [6, 6.07) is 16.7. The number of morpholine rings is 1. The summed E-state index contributed by atoms with van der Waals surface area (Å²) in [6.07, 6.45) is 4.10. The fourth-order valence-electron chi connectivity index (χ4n) is 5.83. The number of benzene rings is 2. The molecule has 7 nitrogen and oxygen atoms in total. The molecular formula is C30H36N4O3S2. The first-order chi connectivity index (χ1) is 19.1. The summed E-state index contributed by atoms with van der Waals surface area (Å²) in [5.74, 6) is 0.725.